The summed E-state index contributed by atoms with van der Waals surface area (Å²) in [5.41, 5.74) is 2.08. The molecule has 0 amide bonds. The Labute approximate surface area is 121 Å². The van der Waals surface area contributed by atoms with E-state index in [2.05, 4.69) is 28.0 Å². The van der Waals surface area contributed by atoms with E-state index in [-0.39, 0.29) is 0 Å². The molecule has 0 saturated carbocycles. The standard InChI is InChI=1S/C14H17BrN2O2/c1-4-12-14(15)13(17(2)16-12)9-19-11-7-5-6-10(8-11)18-3/h5-8H,4,9H2,1-3H3. The van der Waals surface area contributed by atoms with Crippen LogP contribution in [0.1, 0.15) is 18.3 Å². The van der Waals surface area contributed by atoms with Gasteiger partial charge in [-0.25, -0.2) is 0 Å². The molecular formula is C14H17BrN2O2. The zero-order chi connectivity index (χ0) is 13.8. The van der Waals surface area contributed by atoms with Crippen LogP contribution >= 0.6 is 15.9 Å². The lowest BCUT2D eigenvalue weighted by Crippen LogP contribution is -2.03. The van der Waals surface area contributed by atoms with Crippen LogP contribution in [0.2, 0.25) is 0 Å². The molecule has 4 nitrogen and oxygen atoms in total. The maximum Gasteiger partial charge on any atom is 0.131 e. The smallest absolute Gasteiger partial charge is 0.131 e. The molecule has 0 aliphatic carbocycles. The number of rotatable bonds is 5. The molecule has 0 atom stereocenters. The first-order valence-electron chi connectivity index (χ1n) is 6.12. The van der Waals surface area contributed by atoms with E-state index in [1.54, 1.807) is 7.11 Å². The van der Waals surface area contributed by atoms with Crippen molar-refractivity contribution in [2.75, 3.05) is 7.11 Å². The highest BCUT2D eigenvalue weighted by molar-refractivity contribution is 9.10. The second-order valence-corrected chi connectivity index (χ2v) is 4.95. The summed E-state index contributed by atoms with van der Waals surface area (Å²) < 4.78 is 13.8. The number of hydrogen-bond donors (Lipinski definition) is 0. The first kappa shape index (κ1) is 13.9. The molecule has 2 rings (SSSR count). The van der Waals surface area contributed by atoms with Crippen LogP contribution in [0.4, 0.5) is 0 Å². The van der Waals surface area contributed by atoms with E-state index in [0.29, 0.717) is 6.61 Å². The highest BCUT2D eigenvalue weighted by Gasteiger charge is 2.12. The van der Waals surface area contributed by atoms with Crippen LogP contribution in [0.15, 0.2) is 28.7 Å². The molecule has 0 aliphatic heterocycles. The molecule has 0 aliphatic rings. The summed E-state index contributed by atoms with van der Waals surface area (Å²) in [6.45, 7) is 2.55. The number of nitrogens with zero attached hydrogens (tertiary/aromatic N) is 2. The van der Waals surface area contributed by atoms with Crippen LogP contribution in [0.3, 0.4) is 0 Å². The fraction of sp³-hybridized carbons (Fsp3) is 0.357. The summed E-state index contributed by atoms with van der Waals surface area (Å²) in [5, 5.41) is 4.44. The highest BCUT2D eigenvalue weighted by Crippen LogP contribution is 2.24. The lowest BCUT2D eigenvalue weighted by atomic mass is 10.3. The Bertz CT molecular complexity index is 567. The summed E-state index contributed by atoms with van der Waals surface area (Å²) in [7, 11) is 3.57. The minimum absolute atomic E-state index is 0.469. The van der Waals surface area contributed by atoms with Gasteiger partial charge in [-0.15, -0.1) is 0 Å². The first-order valence-corrected chi connectivity index (χ1v) is 6.92. The van der Waals surface area contributed by atoms with Crippen molar-refractivity contribution in [1.29, 1.82) is 0 Å². The molecule has 0 N–H and O–H groups in total. The molecule has 0 bridgehead atoms. The van der Waals surface area contributed by atoms with Gasteiger partial charge in [0, 0.05) is 13.1 Å². The number of aromatic nitrogens is 2. The van der Waals surface area contributed by atoms with Crippen LogP contribution in [0.5, 0.6) is 11.5 Å². The average Bonchev–Trinajstić information content (AvgIpc) is 2.71. The van der Waals surface area contributed by atoms with Gasteiger partial charge in [-0.2, -0.15) is 5.10 Å². The van der Waals surface area contributed by atoms with Crippen LogP contribution in [0, 0.1) is 0 Å². The molecule has 0 unspecified atom stereocenters. The first-order chi connectivity index (χ1) is 9.15. The highest BCUT2D eigenvalue weighted by atomic mass is 79.9. The molecule has 19 heavy (non-hydrogen) atoms. The van der Waals surface area contributed by atoms with E-state index < -0.39 is 0 Å². The van der Waals surface area contributed by atoms with Gasteiger partial charge in [0.1, 0.15) is 18.1 Å². The third-order valence-electron chi connectivity index (χ3n) is 2.92. The molecule has 0 fully saturated rings. The summed E-state index contributed by atoms with van der Waals surface area (Å²) in [4.78, 5) is 0. The fourth-order valence-corrected chi connectivity index (χ4v) is 2.55. The maximum atomic E-state index is 5.78. The third-order valence-corrected chi connectivity index (χ3v) is 3.84. The molecule has 0 spiro atoms. The average molecular weight is 325 g/mol. The SMILES string of the molecule is CCc1nn(C)c(COc2cccc(OC)c2)c1Br. The van der Waals surface area contributed by atoms with E-state index in [1.807, 2.05) is 36.0 Å². The summed E-state index contributed by atoms with van der Waals surface area (Å²) in [6, 6.07) is 7.57. The number of aryl methyl sites for hydroxylation is 2. The van der Waals surface area contributed by atoms with Gasteiger partial charge in [0.2, 0.25) is 0 Å². The number of hydrogen-bond acceptors (Lipinski definition) is 3. The van der Waals surface area contributed by atoms with Gasteiger partial charge in [-0.05, 0) is 34.5 Å². The lowest BCUT2D eigenvalue weighted by molar-refractivity contribution is 0.292. The van der Waals surface area contributed by atoms with Crippen molar-refractivity contribution in [2.24, 2.45) is 7.05 Å². The fourth-order valence-electron chi connectivity index (χ4n) is 1.82. The molecular weight excluding hydrogens is 308 g/mol. The summed E-state index contributed by atoms with van der Waals surface area (Å²) >= 11 is 3.58. The Morgan fingerprint density at radius 2 is 2.05 bits per heavy atom. The lowest BCUT2D eigenvalue weighted by Gasteiger charge is -2.08. The quantitative estimate of drug-likeness (QED) is 0.846. The Morgan fingerprint density at radius 1 is 1.32 bits per heavy atom. The van der Waals surface area contributed by atoms with Crippen molar-refractivity contribution in [3.63, 3.8) is 0 Å². The zero-order valence-electron chi connectivity index (χ0n) is 11.3. The van der Waals surface area contributed by atoms with Crippen molar-refractivity contribution in [3.05, 3.63) is 40.1 Å². The van der Waals surface area contributed by atoms with Crippen molar-refractivity contribution in [2.45, 2.75) is 20.0 Å². The van der Waals surface area contributed by atoms with E-state index in [4.69, 9.17) is 9.47 Å². The number of ether oxygens (including phenoxy) is 2. The van der Waals surface area contributed by atoms with Crippen molar-refractivity contribution < 1.29 is 9.47 Å². The van der Waals surface area contributed by atoms with Gasteiger partial charge in [0.05, 0.1) is 23.0 Å². The van der Waals surface area contributed by atoms with Gasteiger partial charge in [-0.1, -0.05) is 13.0 Å². The third kappa shape index (κ3) is 3.10. The van der Waals surface area contributed by atoms with Gasteiger partial charge < -0.3 is 9.47 Å². The largest absolute Gasteiger partial charge is 0.497 e. The topological polar surface area (TPSA) is 36.3 Å². The predicted octanol–water partition coefficient (Wildman–Crippen LogP) is 3.33. The van der Waals surface area contributed by atoms with Gasteiger partial charge in [-0.3, -0.25) is 4.68 Å². The van der Waals surface area contributed by atoms with Crippen molar-refractivity contribution in [1.82, 2.24) is 9.78 Å². The predicted molar refractivity (Wildman–Crippen MR) is 77.6 cm³/mol. The minimum atomic E-state index is 0.469. The van der Waals surface area contributed by atoms with Crippen LogP contribution in [-0.4, -0.2) is 16.9 Å². The number of halogens is 1. The van der Waals surface area contributed by atoms with Gasteiger partial charge in [0.25, 0.3) is 0 Å². The molecule has 1 aromatic heterocycles. The Balaban J connectivity index is 2.12. The molecule has 0 saturated heterocycles. The van der Waals surface area contributed by atoms with Gasteiger partial charge >= 0.3 is 0 Å². The molecule has 5 heteroatoms. The molecule has 102 valence electrons. The molecule has 1 aromatic carbocycles. The van der Waals surface area contributed by atoms with E-state index in [0.717, 1.165) is 33.8 Å². The summed E-state index contributed by atoms with van der Waals surface area (Å²) in [5.74, 6) is 1.57. The monoisotopic (exact) mass is 324 g/mol. The van der Waals surface area contributed by atoms with Crippen LogP contribution < -0.4 is 9.47 Å². The van der Waals surface area contributed by atoms with Crippen molar-refractivity contribution in [3.8, 4) is 11.5 Å². The summed E-state index contributed by atoms with van der Waals surface area (Å²) in [6.07, 6.45) is 0.896. The molecule has 1 heterocycles. The maximum absolute atomic E-state index is 5.78. The molecule has 2 aromatic rings. The Kier molecular flexibility index (Phi) is 4.47. The second-order valence-electron chi connectivity index (χ2n) is 4.15. The van der Waals surface area contributed by atoms with Crippen molar-refractivity contribution >= 4 is 15.9 Å². The van der Waals surface area contributed by atoms with Crippen LogP contribution in [-0.2, 0) is 20.1 Å². The Morgan fingerprint density at radius 3 is 2.68 bits per heavy atom. The zero-order valence-corrected chi connectivity index (χ0v) is 12.9. The van der Waals surface area contributed by atoms with E-state index in [1.165, 1.54) is 0 Å². The number of methoxy groups -OCH3 is 1. The van der Waals surface area contributed by atoms with E-state index >= 15 is 0 Å². The van der Waals surface area contributed by atoms with Crippen LogP contribution in [0.25, 0.3) is 0 Å². The number of benzene rings is 1. The molecule has 0 radical (unpaired) electrons. The van der Waals surface area contributed by atoms with Gasteiger partial charge in [0.15, 0.2) is 0 Å². The second kappa shape index (κ2) is 6.10. The Hall–Kier alpha value is -1.49. The minimum Gasteiger partial charge on any atom is -0.497 e. The normalized spacial score (nSPS) is 10.5. The van der Waals surface area contributed by atoms with E-state index in [9.17, 15) is 0 Å².